The van der Waals surface area contributed by atoms with Crippen LogP contribution < -0.4 is 0 Å². The van der Waals surface area contributed by atoms with Crippen molar-refractivity contribution in [2.45, 2.75) is 38.2 Å². The summed E-state index contributed by atoms with van der Waals surface area (Å²) in [6.45, 7) is 1.86. The number of nitrogens with zero attached hydrogens (tertiary/aromatic N) is 2. The molecule has 0 radical (unpaired) electrons. The highest BCUT2D eigenvalue weighted by molar-refractivity contribution is 5.89. The quantitative estimate of drug-likeness (QED) is 0.622. The molecule has 0 aromatic heterocycles. The highest BCUT2D eigenvalue weighted by Gasteiger charge is 2.26. The number of hydrogen-bond donors (Lipinski definition) is 1. The first-order valence-electron chi connectivity index (χ1n) is 10.6. The van der Waals surface area contributed by atoms with Gasteiger partial charge in [0.1, 0.15) is 5.82 Å². The monoisotopic (exact) mass is 428 g/mol. The van der Waals surface area contributed by atoms with Crippen LogP contribution >= 0.6 is 0 Å². The Kier molecular flexibility index (Phi) is 8.14. The van der Waals surface area contributed by atoms with Gasteiger partial charge < -0.3 is 9.84 Å². The molecule has 31 heavy (non-hydrogen) atoms. The molecular weight excluding hydrogens is 399 g/mol. The van der Waals surface area contributed by atoms with Gasteiger partial charge in [0.2, 0.25) is 5.91 Å². The van der Waals surface area contributed by atoms with Crippen molar-refractivity contribution < 1.29 is 23.8 Å². The van der Waals surface area contributed by atoms with Crippen LogP contribution in [0.25, 0.3) is 0 Å². The molecule has 7 heteroatoms. The van der Waals surface area contributed by atoms with Crippen LogP contribution in [0.3, 0.4) is 0 Å². The number of benzene rings is 2. The lowest BCUT2D eigenvalue weighted by Gasteiger charge is -2.39. The number of hydrogen-bond acceptors (Lipinski definition) is 5. The zero-order valence-electron chi connectivity index (χ0n) is 17.8. The fourth-order valence-corrected chi connectivity index (χ4v) is 3.82. The summed E-state index contributed by atoms with van der Waals surface area (Å²) in [7, 11) is 1.35. The number of methoxy groups -OCH3 is 1. The first-order valence-corrected chi connectivity index (χ1v) is 10.6. The summed E-state index contributed by atoms with van der Waals surface area (Å²) in [5.74, 6) is -0.602. The molecule has 1 aliphatic heterocycles. The first-order chi connectivity index (χ1) is 15.0. The van der Waals surface area contributed by atoms with E-state index >= 15 is 0 Å². The molecule has 1 saturated heterocycles. The van der Waals surface area contributed by atoms with E-state index in [1.807, 2.05) is 17.1 Å². The van der Waals surface area contributed by atoms with Gasteiger partial charge in [0, 0.05) is 26.1 Å². The Morgan fingerprint density at radius 1 is 1.16 bits per heavy atom. The summed E-state index contributed by atoms with van der Waals surface area (Å²) >= 11 is 0. The maximum absolute atomic E-state index is 13.3. The van der Waals surface area contributed by atoms with Crippen LogP contribution in [0.1, 0.15) is 40.7 Å². The lowest BCUT2D eigenvalue weighted by molar-refractivity contribution is -0.156. The van der Waals surface area contributed by atoms with Crippen molar-refractivity contribution in [1.82, 2.24) is 10.0 Å². The smallest absolute Gasteiger partial charge is 0.337 e. The predicted molar refractivity (Wildman–Crippen MR) is 115 cm³/mol. The van der Waals surface area contributed by atoms with Crippen LogP contribution in [0.2, 0.25) is 0 Å². The van der Waals surface area contributed by atoms with Gasteiger partial charge in [-0.05, 0) is 61.1 Å². The first kappa shape index (κ1) is 22.9. The molecule has 1 atom stereocenters. The highest BCUT2D eigenvalue weighted by Crippen LogP contribution is 2.16. The van der Waals surface area contributed by atoms with Crippen molar-refractivity contribution >= 4 is 11.9 Å². The van der Waals surface area contributed by atoms with Crippen LogP contribution in [0, 0.1) is 5.82 Å². The van der Waals surface area contributed by atoms with Gasteiger partial charge in [-0.1, -0.05) is 24.3 Å². The second-order valence-corrected chi connectivity index (χ2v) is 7.79. The average molecular weight is 429 g/mol. The van der Waals surface area contributed by atoms with E-state index < -0.39 is 6.10 Å². The van der Waals surface area contributed by atoms with Crippen LogP contribution in [0.5, 0.6) is 0 Å². The van der Waals surface area contributed by atoms with E-state index in [9.17, 15) is 19.1 Å². The molecule has 0 saturated carbocycles. The molecule has 2 aromatic carbocycles. The summed E-state index contributed by atoms with van der Waals surface area (Å²) in [5, 5.41) is 14.2. The number of ether oxygens (including phenoxy) is 1. The van der Waals surface area contributed by atoms with Crippen molar-refractivity contribution in [3.05, 3.63) is 71.0 Å². The van der Waals surface area contributed by atoms with Gasteiger partial charge in [-0.25, -0.2) is 14.2 Å². The summed E-state index contributed by atoms with van der Waals surface area (Å²) < 4.78 is 18.0. The van der Waals surface area contributed by atoms with Crippen LogP contribution in [0.4, 0.5) is 4.39 Å². The maximum atomic E-state index is 13.3. The van der Waals surface area contributed by atoms with Crippen molar-refractivity contribution in [1.29, 1.82) is 0 Å². The van der Waals surface area contributed by atoms with Gasteiger partial charge in [-0.2, -0.15) is 0 Å². The second-order valence-electron chi connectivity index (χ2n) is 7.79. The molecule has 6 nitrogen and oxygen atoms in total. The largest absolute Gasteiger partial charge is 0.465 e. The van der Waals surface area contributed by atoms with E-state index in [0.29, 0.717) is 44.3 Å². The van der Waals surface area contributed by atoms with E-state index in [4.69, 9.17) is 4.74 Å². The summed E-state index contributed by atoms with van der Waals surface area (Å²) in [6.07, 6.45) is 2.24. The molecular formula is C24H29FN2O4. The third-order valence-electron chi connectivity index (χ3n) is 5.50. The normalized spacial score (nSPS) is 15.7. The van der Waals surface area contributed by atoms with Crippen molar-refractivity contribution in [3.63, 3.8) is 0 Å². The van der Waals surface area contributed by atoms with E-state index in [-0.39, 0.29) is 17.7 Å². The third kappa shape index (κ3) is 6.60. The zero-order valence-corrected chi connectivity index (χ0v) is 17.8. The molecule has 0 bridgehead atoms. The minimum atomic E-state index is -0.605. The minimum Gasteiger partial charge on any atom is -0.465 e. The fraction of sp³-hybridized carbons (Fsp3) is 0.417. The molecule has 1 unspecified atom stereocenters. The molecule has 0 spiro atoms. The zero-order chi connectivity index (χ0) is 22.2. The van der Waals surface area contributed by atoms with Crippen molar-refractivity contribution in [3.8, 4) is 0 Å². The summed E-state index contributed by atoms with van der Waals surface area (Å²) in [6, 6.07) is 13.4. The van der Waals surface area contributed by atoms with E-state index in [1.165, 1.54) is 19.2 Å². The molecule has 1 fully saturated rings. The standard InChI is InChI=1S/C24H29FN2O4/c1-31-24(30)20-9-7-18(8-10-20)11-15-27-23(29)6-3-13-26(27)14-12-22(28)17-19-4-2-5-21(25)16-19/h2,4-5,7-10,16,22,28H,3,6,11-15,17H2,1H3. The molecule has 1 aliphatic rings. The van der Waals surface area contributed by atoms with Crippen molar-refractivity contribution in [2.24, 2.45) is 0 Å². The average Bonchev–Trinajstić information content (AvgIpc) is 2.77. The number of aliphatic hydroxyl groups excluding tert-OH is 1. The Hall–Kier alpha value is -2.77. The topological polar surface area (TPSA) is 70.1 Å². The third-order valence-corrected chi connectivity index (χ3v) is 5.50. The highest BCUT2D eigenvalue weighted by atomic mass is 19.1. The Morgan fingerprint density at radius 2 is 1.94 bits per heavy atom. The van der Waals surface area contributed by atoms with Gasteiger partial charge in [0.15, 0.2) is 0 Å². The SMILES string of the molecule is COC(=O)c1ccc(CCN2C(=O)CCCN2CCC(O)Cc2cccc(F)c2)cc1. The van der Waals surface area contributed by atoms with Gasteiger partial charge in [0.25, 0.3) is 0 Å². The number of rotatable bonds is 9. The van der Waals surface area contributed by atoms with Gasteiger partial charge in [0.05, 0.1) is 18.8 Å². The fourth-order valence-electron chi connectivity index (χ4n) is 3.82. The lowest BCUT2D eigenvalue weighted by Crippen LogP contribution is -2.52. The molecule has 1 heterocycles. The van der Waals surface area contributed by atoms with E-state index in [0.717, 1.165) is 24.1 Å². The number of amides is 1. The number of carbonyl (C=O) groups is 2. The van der Waals surface area contributed by atoms with Crippen LogP contribution in [0.15, 0.2) is 48.5 Å². The number of hydrazine groups is 1. The Labute approximate surface area is 182 Å². The summed E-state index contributed by atoms with van der Waals surface area (Å²) in [5.41, 5.74) is 2.28. The van der Waals surface area contributed by atoms with Crippen LogP contribution in [-0.2, 0) is 22.4 Å². The van der Waals surface area contributed by atoms with Gasteiger partial charge in [-0.3, -0.25) is 9.80 Å². The number of aliphatic hydroxyl groups is 1. The molecule has 166 valence electrons. The summed E-state index contributed by atoms with van der Waals surface area (Å²) in [4.78, 5) is 24.1. The lowest BCUT2D eigenvalue weighted by atomic mass is 10.1. The molecule has 1 N–H and O–H groups in total. The maximum Gasteiger partial charge on any atom is 0.337 e. The molecule has 0 aliphatic carbocycles. The van der Waals surface area contributed by atoms with E-state index in [1.54, 1.807) is 29.3 Å². The number of halogens is 1. The van der Waals surface area contributed by atoms with Crippen LogP contribution in [-0.4, -0.2) is 59.8 Å². The molecule has 3 rings (SSSR count). The number of carbonyl (C=O) groups excluding carboxylic acids is 2. The Bertz CT molecular complexity index is 887. The second kappa shape index (κ2) is 11.0. The van der Waals surface area contributed by atoms with E-state index in [2.05, 4.69) is 0 Å². The Balaban J connectivity index is 1.53. The van der Waals surface area contributed by atoms with Gasteiger partial charge >= 0.3 is 5.97 Å². The van der Waals surface area contributed by atoms with Crippen molar-refractivity contribution in [2.75, 3.05) is 26.7 Å². The number of esters is 1. The minimum absolute atomic E-state index is 0.0806. The molecule has 1 amide bonds. The Morgan fingerprint density at radius 3 is 2.65 bits per heavy atom. The predicted octanol–water partition coefficient (Wildman–Crippen LogP) is 2.99. The van der Waals surface area contributed by atoms with Gasteiger partial charge in [-0.15, -0.1) is 0 Å². The molecule has 2 aromatic rings.